The lowest BCUT2D eigenvalue weighted by Gasteiger charge is -2.39. The standard InChI is InChI=1S/C23H24O13/c1-32-12-3-8(4-13(33-2)16(12)27)21-22(18(29)15-10(26)5-9(25)6-11(15)34-21)36-23-20(31)19(30)17(28)14(7-24)35-23/h3-6,14,17,19-20,23-28,30-31H,7H2,1-2H3/t14-,17+,19-,20-,23-/m1/s1. The summed E-state index contributed by atoms with van der Waals surface area (Å²) in [6.07, 6.45) is -8.42. The summed E-state index contributed by atoms with van der Waals surface area (Å²) >= 11 is 0. The van der Waals surface area contributed by atoms with Gasteiger partial charge in [-0.25, -0.2) is 0 Å². The van der Waals surface area contributed by atoms with Crippen LogP contribution in [-0.4, -0.2) is 87.3 Å². The lowest BCUT2D eigenvalue weighted by molar-refractivity contribution is -0.277. The predicted octanol–water partition coefficient (Wildman–Crippen LogP) is -0.227. The summed E-state index contributed by atoms with van der Waals surface area (Å²) in [5, 5.41) is 70.1. The zero-order chi connectivity index (χ0) is 26.3. The van der Waals surface area contributed by atoms with Gasteiger partial charge in [0, 0.05) is 17.7 Å². The van der Waals surface area contributed by atoms with E-state index in [4.69, 9.17) is 23.4 Å². The van der Waals surface area contributed by atoms with Crippen LogP contribution in [0.4, 0.5) is 0 Å². The molecule has 13 nitrogen and oxygen atoms in total. The van der Waals surface area contributed by atoms with Gasteiger partial charge in [-0.2, -0.15) is 0 Å². The molecule has 36 heavy (non-hydrogen) atoms. The van der Waals surface area contributed by atoms with E-state index in [1.165, 1.54) is 26.4 Å². The van der Waals surface area contributed by atoms with Crippen molar-refractivity contribution in [2.24, 2.45) is 0 Å². The Bertz CT molecular complexity index is 1310. The van der Waals surface area contributed by atoms with Crippen LogP contribution in [-0.2, 0) is 4.74 Å². The molecule has 0 radical (unpaired) electrons. The number of benzene rings is 2. The van der Waals surface area contributed by atoms with Gasteiger partial charge >= 0.3 is 0 Å². The highest BCUT2D eigenvalue weighted by Crippen LogP contribution is 2.43. The smallest absolute Gasteiger partial charge is 0.239 e. The Labute approximate surface area is 202 Å². The van der Waals surface area contributed by atoms with Crippen LogP contribution >= 0.6 is 0 Å². The van der Waals surface area contributed by atoms with Crippen LogP contribution in [0.5, 0.6) is 34.5 Å². The van der Waals surface area contributed by atoms with Crippen LogP contribution in [0.1, 0.15) is 0 Å². The summed E-state index contributed by atoms with van der Waals surface area (Å²) in [5.74, 6) is -2.44. The first-order valence-corrected chi connectivity index (χ1v) is 10.6. The Kier molecular flexibility index (Phi) is 6.84. The molecule has 194 valence electrons. The zero-order valence-corrected chi connectivity index (χ0v) is 19.0. The van der Waals surface area contributed by atoms with E-state index in [2.05, 4.69) is 0 Å². The third kappa shape index (κ3) is 4.23. The fraction of sp³-hybridized carbons (Fsp3) is 0.348. The maximum atomic E-state index is 13.5. The van der Waals surface area contributed by atoms with E-state index in [-0.39, 0.29) is 39.5 Å². The van der Waals surface area contributed by atoms with Gasteiger partial charge in [-0.1, -0.05) is 0 Å². The first-order valence-electron chi connectivity index (χ1n) is 10.6. The molecule has 0 amide bonds. The highest BCUT2D eigenvalue weighted by atomic mass is 16.7. The van der Waals surface area contributed by atoms with Gasteiger partial charge in [0.1, 0.15) is 46.9 Å². The number of phenolic OH excluding ortho intramolecular Hbond substituents is 3. The second-order valence-corrected chi connectivity index (χ2v) is 7.97. The molecule has 1 aromatic heterocycles. The number of aliphatic hydroxyl groups is 4. The minimum absolute atomic E-state index is 0.0651. The van der Waals surface area contributed by atoms with Crippen LogP contribution in [0.3, 0.4) is 0 Å². The van der Waals surface area contributed by atoms with Crippen molar-refractivity contribution in [3.63, 3.8) is 0 Å². The van der Waals surface area contributed by atoms with Gasteiger partial charge in [-0.05, 0) is 12.1 Å². The van der Waals surface area contributed by atoms with Crippen molar-refractivity contribution < 1.29 is 59.1 Å². The molecule has 0 aliphatic carbocycles. The fourth-order valence-electron chi connectivity index (χ4n) is 3.87. The molecule has 1 fully saturated rings. The number of rotatable bonds is 6. The molecule has 13 heteroatoms. The average molecular weight is 508 g/mol. The summed E-state index contributed by atoms with van der Waals surface area (Å²) < 4.78 is 27.1. The lowest BCUT2D eigenvalue weighted by atomic mass is 9.99. The first-order chi connectivity index (χ1) is 17.1. The molecular weight excluding hydrogens is 484 g/mol. The number of hydrogen-bond acceptors (Lipinski definition) is 13. The van der Waals surface area contributed by atoms with E-state index in [0.29, 0.717) is 0 Å². The van der Waals surface area contributed by atoms with Crippen molar-refractivity contribution in [2.75, 3.05) is 20.8 Å². The quantitative estimate of drug-likeness (QED) is 0.230. The maximum absolute atomic E-state index is 13.5. The van der Waals surface area contributed by atoms with Gasteiger partial charge in [-0.3, -0.25) is 4.79 Å². The molecule has 1 aliphatic heterocycles. The lowest BCUT2D eigenvalue weighted by Crippen LogP contribution is -2.60. The van der Waals surface area contributed by atoms with Crippen LogP contribution in [0.25, 0.3) is 22.3 Å². The molecule has 0 bridgehead atoms. The average Bonchev–Trinajstić information content (AvgIpc) is 2.85. The Morgan fingerprint density at radius 2 is 1.56 bits per heavy atom. The molecule has 2 aromatic carbocycles. The summed E-state index contributed by atoms with van der Waals surface area (Å²) in [4.78, 5) is 13.5. The monoisotopic (exact) mass is 508 g/mol. The number of methoxy groups -OCH3 is 2. The van der Waals surface area contributed by atoms with Gasteiger partial charge in [0.05, 0.1) is 20.8 Å². The number of aliphatic hydroxyl groups excluding tert-OH is 4. The van der Waals surface area contributed by atoms with Crippen molar-refractivity contribution >= 4 is 11.0 Å². The third-order valence-corrected chi connectivity index (χ3v) is 5.74. The molecule has 7 N–H and O–H groups in total. The molecule has 1 aliphatic rings. The second kappa shape index (κ2) is 9.72. The molecule has 5 atom stereocenters. The molecule has 4 rings (SSSR count). The Morgan fingerprint density at radius 1 is 0.917 bits per heavy atom. The summed E-state index contributed by atoms with van der Waals surface area (Å²) in [6, 6.07) is 4.55. The van der Waals surface area contributed by atoms with E-state index in [9.17, 15) is 40.5 Å². The van der Waals surface area contributed by atoms with Crippen LogP contribution in [0.15, 0.2) is 33.5 Å². The maximum Gasteiger partial charge on any atom is 0.239 e. The Hall–Kier alpha value is -3.75. The van der Waals surface area contributed by atoms with Crippen molar-refractivity contribution in [1.29, 1.82) is 0 Å². The highest BCUT2D eigenvalue weighted by Gasteiger charge is 2.45. The van der Waals surface area contributed by atoms with E-state index < -0.39 is 60.0 Å². The van der Waals surface area contributed by atoms with Crippen LogP contribution in [0, 0.1) is 0 Å². The Balaban J connectivity index is 1.96. The molecule has 0 spiro atoms. The molecular formula is C23H24O13. The minimum Gasteiger partial charge on any atom is -0.508 e. The molecule has 3 aromatic rings. The van der Waals surface area contributed by atoms with Gasteiger partial charge in [0.25, 0.3) is 0 Å². The molecule has 2 heterocycles. The van der Waals surface area contributed by atoms with Crippen molar-refractivity contribution in [2.45, 2.75) is 30.7 Å². The largest absolute Gasteiger partial charge is 0.508 e. The molecule has 0 unspecified atom stereocenters. The number of fused-ring (bicyclic) bond motifs is 1. The van der Waals surface area contributed by atoms with Gasteiger partial charge < -0.3 is 59.1 Å². The topological polar surface area (TPSA) is 209 Å². The van der Waals surface area contributed by atoms with Crippen LogP contribution < -0.4 is 19.6 Å². The number of hydrogen-bond donors (Lipinski definition) is 7. The van der Waals surface area contributed by atoms with E-state index in [1.807, 2.05) is 0 Å². The normalized spacial score (nSPS) is 24.0. The first kappa shape index (κ1) is 25.3. The number of aromatic hydroxyl groups is 3. The second-order valence-electron chi connectivity index (χ2n) is 7.97. The van der Waals surface area contributed by atoms with Crippen LogP contribution in [0.2, 0.25) is 0 Å². The SMILES string of the molecule is COc1cc(-c2oc3cc(O)cc(O)c3c(=O)c2O[C@H]2O[C@H](CO)[C@H](O)[C@@H](O)[C@H]2O)cc(OC)c1O. The number of ether oxygens (including phenoxy) is 4. The van der Waals surface area contributed by atoms with Gasteiger partial charge in [0.2, 0.25) is 23.2 Å². The minimum atomic E-state index is -1.86. The fourth-order valence-corrected chi connectivity index (χ4v) is 3.87. The highest BCUT2D eigenvalue weighted by molar-refractivity contribution is 5.88. The van der Waals surface area contributed by atoms with E-state index in [0.717, 1.165) is 12.1 Å². The van der Waals surface area contributed by atoms with E-state index >= 15 is 0 Å². The van der Waals surface area contributed by atoms with Crippen molar-refractivity contribution in [3.05, 3.63) is 34.5 Å². The van der Waals surface area contributed by atoms with Gasteiger partial charge in [0.15, 0.2) is 17.3 Å². The zero-order valence-electron chi connectivity index (χ0n) is 19.0. The molecule has 0 saturated carbocycles. The van der Waals surface area contributed by atoms with E-state index in [1.54, 1.807) is 0 Å². The van der Waals surface area contributed by atoms with Crippen molar-refractivity contribution in [1.82, 2.24) is 0 Å². The predicted molar refractivity (Wildman–Crippen MR) is 120 cm³/mol. The summed E-state index contributed by atoms with van der Waals surface area (Å²) in [5.41, 5.74) is -1.12. The third-order valence-electron chi connectivity index (χ3n) is 5.74. The van der Waals surface area contributed by atoms with Crippen molar-refractivity contribution in [3.8, 4) is 45.8 Å². The van der Waals surface area contributed by atoms with Gasteiger partial charge in [-0.15, -0.1) is 0 Å². The summed E-state index contributed by atoms with van der Waals surface area (Å²) in [6.45, 7) is -0.740. The molecule has 1 saturated heterocycles. The Morgan fingerprint density at radius 3 is 2.14 bits per heavy atom. The summed E-state index contributed by atoms with van der Waals surface area (Å²) in [7, 11) is 2.55. The number of phenols is 3.